The van der Waals surface area contributed by atoms with E-state index in [1.165, 1.54) is 0 Å². The average Bonchev–Trinajstić information content (AvgIpc) is 2.29. The highest BCUT2D eigenvalue weighted by molar-refractivity contribution is 9.10. The molecule has 1 atom stereocenters. The molecule has 1 saturated heterocycles. The summed E-state index contributed by atoms with van der Waals surface area (Å²) >= 11 is 3.30. The van der Waals surface area contributed by atoms with Crippen LogP contribution in [0.5, 0.6) is 0 Å². The Hall–Kier alpha value is -0.140. The van der Waals surface area contributed by atoms with Crippen molar-refractivity contribution < 1.29 is 8.42 Å². The molecule has 4 nitrogen and oxygen atoms in total. The van der Waals surface area contributed by atoms with E-state index in [0.29, 0.717) is 24.5 Å². The van der Waals surface area contributed by atoms with Crippen molar-refractivity contribution in [3.8, 4) is 0 Å². The van der Waals surface area contributed by atoms with Gasteiger partial charge in [0.2, 0.25) is 10.0 Å². The van der Waals surface area contributed by atoms with Crippen LogP contribution in [0.3, 0.4) is 0 Å². The van der Waals surface area contributed by atoms with E-state index in [2.05, 4.69) is 21.2 Å². The smallest absolute Gasteiger partial charge is 0.243 e. The van der Waals surface area contributed by atoms with Crippen LogP contribution < -0.4 is 5.32 Å². The third-order valence-electron chi connectivity index (χ3n) is 2.84. The van der Waals surface area contributed by atoms with Gasteiger partial charge in [-0.15, -0.1) is 12.4 Å². The van der Waals surface area contributed by atoms with Crippen LogP contribution in [0.15, 0.2) is 33.6 Å². The first-order chi connectivity index (χ1) is 8.01. The quantitative estimate of drug-likeness (QED) is 0.881. The first kappa shape index (κ1) is 15.9. The molecule has 1 N–H and O–H groups in total. The van der Waals surface area contributed by atoms with E-state index in [-0.39, 0.29) is 18.4 Å². The summed E-state index contributed by atoms with van der Waals surface area (Å²) in [7, 11) is -3.37. The van der Waals surface area contributed by atoms with Crippen LogP contribution in [0.2, 0.25) is 0 Å². The third-order valence-corrected chi connectivity index (χ3v) is 5.35. The van der Waals surface area contributed by atoms with Gasteiger partial charge in [-0.05, 0) is 25.1 Å². The van der Waals surface area contributed by atoms with Crippen LogP contribution >= 0.6 is 28.3 Å². The fraction of sp³-hybridized carbons (Fsp3) is 0.455. The molecule has 1 aliphatic heterocycles. The zero-order valence-electron chi connectivity index (χ0n) is 9.97. The fourth-order valence-electron chi connectivity index (χ4n) is 1.94. The number of hydrogen-bond acceptors (Lipinski definition) is 3. The number of sulfonamides is 1. The van der Waals surface area contributed by atoms with E-state index >= 15 is 0 Å². The molecule has 18 heavy (non-hydrogen) atoms. The summed E-state index contributed by atoms with van der Waals surface area (Å²) in [5.74, 6) is 0. The number of nitrogens with one attached hydrogen (secondary N) is 1. The standard InChI is InChI=1S/C11H15BrN2O2S.ClH/c1-9-8-13-5-6-14(9)17(15,16)11-4-2-3-10(12)7-11;/h2-4,7,9,13H,5-6,8H2,1H3;1H. The first-order valence-corrected chi connectivity index (χ1v) is 7.73. The van der Waals surface area contributed by atoms with E-state index in [0.717, 1.165) is 4.47 Å². The van der Waals surface area contributed by atoms with Gasteiger partial charge in [0, 0.05) is 30.1 Å². The number of halogens is 2. The average molecular weight is 356 g/mol. The topological polar surface area (TPSA) is 49.4 Å². The molecule has 0 spiro atoms. The summed E-state index contributed by atoms with van der Waals surface area (Å²) < 4.78 is 27.2. The molecule has 1 aliphatic rings. The second-order valence-electron chi connectivity index (χ2n) is 4.13. The highest BCUT2D eigenvalue weighted by Gasteiger charge is 2.30. The van der Waals surface area contributed by atoms with Crippen LogP contribution in [0.1, 0.15) is 6.92 Å². The molecular formula is C11H16BrClN2O2S. The molecule has 1 heterocycles. The molecule has 0 saturated carbocycles. The normalized spacial score (nSPS) is 21.3. The maximum Gasteiger partial charge on any atom is 0.243 e. The minimum atomic E-state index is -3.37. The van der Waals surface area contributed by atoms with Gasteiger partial charge in [-0.3, -0.25) is 0 Å². The lowest BCUT2D eigenvalue weighted by Crippen LogP contribution is -2.52. The molecule has 1 aromatic carbocycles. The molecular weight excluding hydrogens is 340 g/mol. The van der Waals surface area contributed by atoms with Crippen molar-refractivity contribution in [3.63, 3.8) is 0 Å². The monoisotopic (exact) mass is 354 g/mol. The highest BCUT2D eigenvalue weighted by atomic mass is 79.9. The van der Waals surface area contributed by atoms with Crippen molar-refractivity contribution in [1.29, 1.82) is 0 Å². The van der Waals surface area contributed by atoms with Gasteiger partial charge in [-0.25, -0.2) is 8.42 Å². The number of benzene rings is 1. The van der Waals surface area contributed by atoms with E-state index < -0.39 is 10.0 Å². The minimum Gasteiger partial charge on any atom is -0.314 e. The van der Waals surface area contributed by atoms with Crippen molar-refractivity contribution in [2.45, 2.75) is 17.9 Å². The lowest BCUT2D eigenvalue weighted by atomic mass is 10.3. The molecule has 1 aromatic rings. The molecule has 2 rings (SSSR count). The Bertz CT molecular complexity index is 510. The number of rotatable bonds is 2. The van der Waals surface area contributed by atoms with Gasteiger partial charge >= 0.3 is 0 Å². The molecule has 7 heteroatoms. The lowest BCUT2D eigenvalue weighted by molar-refractivity contribution is 0.284. The van der Waals surface area contributed by atoms with Gasteiger partial charge in [-0.1, -0.05) is 22.0 Å². The van der Waals surface area contributed by atoms with E-state index in [1.807, 2.05) is 13.0 Å². The second-order valence-corrected chi connectivity index (χ2v) is 6.93. The molecule has 0 aliphatic carbocycles. The summed E-state index contributed by atoms with van der Waals surface area (Å²) in [4.78, 5) is 0.348. The summed E-state index contributed by atoms with van der Waals surface area (Å²) in [6.07, 6.45) is 0. The Kier molecular flexibility index (Phi) is 5.61. The van der Waals surface area contributed by atoms with Gasteiger partial charge in [0.15, 0.2) is 0 Å². The van der Waals surface area contributed by atoms with Gasteiger partial charge < -0.3 is 5.32 Å². The van der Waals surface area contributed by atoms with E-state index in [4.69, 9.17) is 0 Å². The van der Waals surface area contributed by atoms with Crippen molar-refractivity contribution in [2.24, 2.45) is 0 Å². The predicted octanol–water partition coefficient (Wildman–Crippen LogP) is 1.85. The Balaban J connectivity index is 0.00000162. The van der Waals surface area contributed by atoms with Crippen molar-refractivity contribution in [1.82, 2.24) is 9.62 Å². The predicted molar refractivity (Wildman–Crippen MR) is 77.6 cm³/mol. The Morgan fingerprint density at radius 2 is 2.17 bits per heavy atom. The number of nitrogens with zero attached hydrogens (tertiary/aromatic N) is 1. The largest absolute Gasteiger partial charge is 0.314 e. The van der Waals surface area contributed by atoms with Gasteiger partial charge in [0.1, 0.15) is 0 Å². The van der Waals surface area contributed by atoms with Crippen molar-refractivity contribution in [2.75, 3.05) is 19.6 Å². The minimum absolute atomic E-state index is 0. The summed E-state index contributed by atoms with van der Waals surface area (Å²) in [6.45, 7) is 3.85. The zero-order chi connectivity index (χ0) is 12.5. The molecule has 1 unspecified atom stereocenters. The molecule has 0 aromatic heterocycles. The SMILES string of the molecule is CC1CNCCN1S(=O)(=O)c1cccc(Br)c1.Cl. The highest BCUT2D eigenvalue weighted by Crippen LogP contribution is 2.22. The van der Waals surface area contributed by atoms with E-state index in [9.17, 15) is 8.42 Å². The lowest BCUT2D eigenvalue weighted by Gasteiger charge is -2.32. The Morgan fingerprint density at radius 3 is 2.78 bits per heavy atom. The van der Waals surface area contributed by atoms with Gasteiger partial charge in [0.05, 0.1) is 4.90 Å². The van der Waals surface area contributed by atoms with Crippen LogP contribution in [0.25, 0.3) is 0 Å². The summed E-state index contributed by atoms with van der Waals surface area (Å²) in [5, 5.41) is 3.18. The number of hydrogen-bond donors (Lipinski definition) is 1. The summed E-state index contributed by atoms with van der Waals surface area (Å²) in [6, 6.07) is 6.83. The zero-order valence-corrected chi connectivity index (χ0v) is 13.2. The maximum absolute atomic E-state index is 12.4. The summed E-state index contributed by atoms with van der Waals surface area (Å²) in [5.41, 5.74) is 0. The molecule has 0 bridgehead atoms. The van der Waals surface area contributed by atoms with E-state index in [1.54, 1.807) is 22.5 Å². The molecule has 1 fully saturated rings. The first-order valence-electron chi connectivity index (χ1n) is 5.50. The van der Waals surface area contributed by atoms with Gasteiger partial charge in [-0.2, -0.15) is 4.31 Å². The second kappa shape index (κ2) is 6.34. The van der Waals surface area contributed by atoms with Gasteiger partial charge in [0.25, 0.3) is 0 Å². The van der Waals surface area contributed by atoms with Crippen LogP contribution in [0.4, 0.5) is 0 Å². The van der Waals surface area contributed by atoms with Crippen LogP contribution in [0, 0.1) is 0 Å². The van der Waals surface area contributed by atoms with Crippen LogP contribution in [-0.2, 0) is 10.0 Å². The number of piperazine rings is 1. The van der Waals surface area contributed by atoms with Crippen molar-refractivity contribution >= 4 is 38.4 Å². The Labute approximate surface area is 122 Å². The maximum atomic E-state index is 12.4. The van der Waals surface area contributed by atoms with Crippen LogP contribution in [-0.4, -0.2) is 38.4 Å². The third kappa shape index (κ3) is 3.24. The van der Waals surface area contributed by atoms with Crippen molar-refractivity contribution in [3.05, 3.63) is 28.7 Å². The Morgan fingerprint density at radius 1 is 1.44 bits per heavy atom. The molecule has 0 amide bonds. The molecule has 0 radical (unpaired) electrons. The molecule has 102 valence electrons. The fourth-order valence-corrected chi connectivity index (χ4v) is 4.17.